The minimum atomic E-state index is 0. The number of thiazole rings is 1. The van der Waals surface area contributed by atoms with Crippen molar-refractivity contribution in [3.05, 3.63) is 50.9 Å². The number of nitrogens with one attached hydrogen (secondary N) is 1. The normalized spacial score (nSPS) is 11.0. The van der Waals surface area contributed by atoms with Gasteiger partial charge in [-0.2, -0.15) is 0 Å². The highest BCUT2D eigenvalue weighted by molar-refractivity contribution is 14.0. The summed E-state index contributed by atoms with van der Waals surface area (Å²) in [6.45, 7) is 3.63. The summed E-state index contributed by atoms with van der Waals surface area (Å²) in [6, 6.07) is 7.88. The molecule has 0 saturated heterocycles. The van der Waals surface area contributed by atoms with Crippen LogP contribution in [0, 0.1) is 6.92 Å². The molecule has 0 radical (unpaired) electrons. The van der Waals surface area contributed by atoms with E-state index >= 15 is 0 Å². The molecule has 0 atom stereocenters. The van der Waals surface area contributed by atoms with Gasteiger partial charge >= 0.3 is 0 Å². The van der Waals surface area contributed by atoms with E-state index < -0.39 is 0 Å². The molecule has 2 aromatic rings. The number of guanidine groups is 1. The van der Waals surface area contributed by atoms with Crippen LogP contribution in [0.1, 0.15) is 16.3 Å². The zero-order valence-corrected chi connectivity index (χ0v) is 17.4. The molecule has 0 fully saturated rings. The highest BCUT2D eigenvalue weighted by Crippen LogP contribution is 2.11. The number of halogens is 2. The maximum Gasteiger partial charge on any atom is 0.193 e. The zero-order chi connectivity index (χ0) is 15.9. The number of nitrogens with zero attached hydrogens (tertiary/aromatic N) is 3. The van der Waals surface area contributed by atoms with Crippen molar-refractivity contribution in [1.82, 2.24) is 15.2 Å². The maximum absolute atomic E-state index is 5.91. The van der Waals surface area contributed by atoms with Crippen molar-refractivity contribution in [2.24, 2.45) is 4.99 Å². The molecule has 2 rings (SSSR count). The third kappa shape index (κ3) is 6.64. The summed E-state index contributed by atoms with van der Waals surface area (Å²) in [5.41, 5.74) is 2.33. The molecule has 126 valence electrons. The van der Waals surface area contributed by atoms with Crippen molar-refractivity contribution in [3.63, 3.8) is 0 Å². The van der Waals surface area contributed by atoms with Crippen molar-refractivity contribution < 1.29 is 0 Å². The molecule has 0 aliphatic rings. The Balaban J connectivity index is 0.00000264. The molecule has 0 saturated carbocycles. The lowest BCUT2D eigenvalue weighted by Crippen LogP contribution is -2.39. The Hall–Kier alpha value is -0.860. The number of aliphatic imine (C=N–C) groups is 1. The summed E-state index contributed by atoms with van der Waals surface area (Å²) >= 11 is 7.60. The summed E-state index contributed by atoms with van der Waals surface area (Å²) in [5, 5.41) is 7.35. The van der Waals surface area contributed by atoms with Gasteiger partial charge in [-0.3, -0.25) is 4.99 Å². The van der Waals surface area contributed by atoms with Gasteiger partial charge in [-0.15, -0.1) is 35.3 Å². The molecule has 0 unspecified atom stereocenters. The molecular weight excluding hydrogens is 443 g/mol. The van der Waals surface area contributed by atoms with Crippen LogP contribution in [0.5, 0.6) is 0 Å². The van der Waals surface area contributed by atoms with E-state index in [9.17, 15) is 0 Å². The standard InChI is InChI=1S/C16H21ClN4S.HI/c1-12-20-15(11-22-12)8-9-19-16(18-2)21(3)10-13-4-6-14(17)7-5-13;/h4-7,11H,8-10H2,1-3H3,(H,18,19);1H. The maximum atomic E-state index is 5.91. The van der Waals surface area contributed by atoms with Crippen LogP contribution in [-0.2, 0) is 13.0 Å². The highest BCUT2D eigenvalue weighted by atomic mass is 127. The lowest BCUT2D eigenvalue weighted by atomic mass is 10.2. The second-order valence-electron chi connectivity index (χ2n) is 5.06. The van der Waals surface area contributed by atoms with Crippen LogP contribution >= 0.6 is 46.9 Å². The van der Waals surface area contributed by atoms with E-state index in [4.69, 9.17) is 11.6 Å². The molecule has 1 aromatic heterocycles. The van der Waals surface area contributed by atoms with Crippen LogP contribution in [0.3, 0.4) is 0 Å². The first-order chi connectivity index (χ1) is 10.6. The van der Waals surface area contributed by atoms with Crippen LogP contribution in [0.4, 0.5) is 0 Å². The summed E-state index contributed by atoms with van der Waals surface area (Å²) in [5.74, 6) is 0.877. The van der Waals surface area contributed by atoms with Crippen molar-refractivity contribution in [3.8, 4) is 0 Å². The van der Waals surface area contributed by atoms with Gasteiger partial charge in [-0.25, -0.2) is 4.98 Å². The second-order valence-corrected chi connectivity index (χ2v) is 6.56. The van der Waals surface area contributed by atoms with E-state index in [-0.39, 0.29) is 24.0 Å². The van der Waals surface area contributed by atoms with E-state index in [1.54, 1.807) is 18.4 Å². The Morgan fingerprint density at radius 2 is 2.04 bits per heavy atom. The van der Waals surface area contributed by atoms with Crippen LogP contribution in [0.25, 0.3) is 0 Å². The Kier molecular flexibility index (Phi) is 8.86. The number of aryl methyl sites for hydroxylation is 1. The quantitative estimate of drug-likeness (QED) is 0.413. The van der Waals surface area contributed by atoms with Gasteiger partial charge in [0.15, 0.2) is 5.96 Å². The van der Waals surface area contributed by atoms with Gasteiger partial charge in [0.1, 0.15) is 0 Å². The molecule has 7 heteroatoms. The molecule has 0 aliphatic heterocycles. The van der Waals surface area contributed by atoms with Crippen molar-refractivity contribution >= 4 is 52.9 Å². The molecule has 1 heterocycles. The predicted molar refractivity (Wildman–Crippen MR) is 110 cm³/mol. The van der Waals surface area contributed by atoms with Gasteiger partial charge in [0.25, 0.3) is 0 Å². The van der Waals surface area contributed by atoms with E-state index in [1.807, 2.05) is 38.2 Å². The van der Waals surface area contributed by atoms with Gasteiger partial charge in [0, 0.05) is 44.0 Å². The van der Waals surface area contributed by atoms with Gasteiger partial charge < -0.3 is 10.2 Å². The predicted octanol–water partition coefficient (Wildman–Crippen LogP) is 3.97. The van der Waals surface area contributed by atoms with Crippen molar-refractivity contribution in [2.75, 3.05) is 20.6 Å². The van der Waals surface area contributed by atoms with E-state index in [0.29, 0.717) is 0 Å². The summed E-state index contributed by atoms with van der Waals surface area (Å²) in [4.78, 5) is 10.9. The van der Waals surface area contributed by atoms with Gasteiger partial charge in [-0.05, 0) is 24.6 Å². The zero-order valence-electron chi connectivity index (χ0n) is 13.5. The fraction of sp³-hybridized carbons (Fsp3) is 0.375. The number of hydrogen-bond donors (Lipinski definition) is 1. The minimum Gasteiger partial charge on any atom is -0.356 e. The van der Waals surface area contributed by atoms with Crippen LogP contribution < -0.4 is 5.32 Å². The average molecular weight is 465 g/mol. The Bertz CT molecular complexity index is 627. The van der Waals surface area contributed by atoms with Gasteiger partial charge in [-0.1, -0.05) is 23.7 Å². The lowest BCUT2D eigenvalue weighted by molar-refractivity contribution is 0.477. The summed E-state index contributed by atoms with van der Waals surface area (Å²) < 4.78 is 0. The van der Waals surface area contributed by atoms with Gasteiger partial charge in [0.05, 0.1) is 10.7 Å². The van der Waals surface area contributed by atoms with Crippen LogP contribution in [-0.4, -0.2) is 36.5 Å². The largest absolute Gasteiger partial charge is 0.356 e. The van der Waals surface area contributed by atoms with Crippen molar-refractivity contribution in [2.45, 2.75) is 19.9 Å². The average Bonchev–Trinajstić information content (AvgIpc) is 2.91. The number of hydrogen-bond acceptors (Lipinski definition) is 3. The summed E-state index contributed by atoms with van der Waals surface area (Å²) in [7, 11) is 3.82. The summed E-state index contributed by atoms with van der Waals surface area (Å²) in [6.07, 6.45) is 0.901. The van der Waals surface area contributed by atoms with Crippen LogP contribution in [0.15, 0.2) is 34.6 Å². The van der Waals surface area contributed by atoms with Gasteiger partial charge in [0.2, 0.25) is 0 Å². The smallest absolute Gasteiger partial charge is 0.193 e. The molecule has 23 heavy (non-hydrogen) atoms. The van der Waals surface area contributed by atoms with E-state index in [0.717, 1.165) is 41.2 Å². The molecule has 1 N–H and O–H groups in total. The Morgan fingerprint density at radius 3 is 2.61 bits per heavy atom. The SMILES string of the molecule is CN=C(NCCc1csc(C)n1)N(C)Cc1ccc(Cl)cc1.I. The van der Waals surface area contributed by atoms with Crippen molar-refractivity contribution in [1.29, 1.82) is 0 Å². The third-order valence-corrected chi connectivity index (χ3v) is 4.31. The molecule has 0 aliphatic carbocycles. The lowest BCUT2D eigenvalue weighted by Gasteiger charge is -2.22. The van der Waals surface area contributed by atoms with Crippen LogP contribution in [0.2, 0.25) is 5.02 Å². The minimum absolute atomic E-state index is 0. The first kappa shape index (κ1) is 20.2. The Morgan fingerprint density at radius 1 is 1.35 bits per heavy atom. The van der Waals surface area contributed by atoms with E-state index in [2.05, 4.69) is 25.6 Å². The first-order valence-corrected chi connectivity index (χ1v) is 8.41. The topological polar surface area (TPSA) is 40.5 Å². The number of rotatable bonds is 5. The number of aromatic nitrogens is 1. The molecule has 0 amide bonds. The molecule has 4 nitrogen and oxygen atoms in total. The highest BCUT2D eigenvalue weighted by Gasteiger charge is 2.07. The monoisotopic (exact) mass is 464 g/mol. The Labute approximate surface area is 164 Å². The van der Waals surface area contributed by atoms with E-state index in [1.165, 1.54) is 5.56 Å². The fourth-order valence-corrected chi connectivity index (χ4v) is 2.92. The first-order valence-electron chi connectivity index (χ1n) is 7.15. The molecule has 0 bridgehead atoms. The molecular formula is C16H22ClIN4S. The third-order valence-electron chi connectivity index (χ3n) is 3.24. The molecule has 1 aromatic carbocycles. The number of benzene rings is 1. The molecule has 0 spiro atoms. The second kappa shape index (κ2) is 10.1. The fourth-order valence-electron chi connectivity index (χ4n) is 2.15.